The minimum Gasteiger partial charge on any atom is -0.365 e. The molecule has 1 saturated heterocycles. The van der Waals surface area contributed by atoms with E-state index in [2.05, 4.69) is 10.6 Å². The molecular formula is C5H9N3OS. The number of urea groups is 1. The van der Waals surface area contributed by atoms with Crippen LogP contribution in [0.1, 0.15) is 0 Å². The fourth-order valence-corrected chi connectivity index (χ4v) is 0.975. The predicted octanol–water partition coefficient (Wildman–Crippen LogP) is -0.484. The van der Waals surface area contributed by atoms with Gasteiger partial charge in [-0.2, -0.15) is 0 Å². The molecule has 0 aromatic rings. The Labute approximate surface area is 64.6 Å². The first-order valence-corrected chi connectivity index (χ1v) is 3.43. The third-order valence-electron chi connectivity index (χ3n) is 1.32. The van der Waals surface area contributed by atoms with Gasteiger partial charge in [-0.1, -0.05) is 0 Å². The molecular weight excluding hydrogens is 150 g/mol. The zero-order chi connectivity index (χ0) is 7.56. The van der Waals surface area contributed by atoms with Crippen LogP contribution in [0.25, 0.3) is 0 Å². The van der Waals surface area contributed by atoms with Gasteiger partial charge < -0.3 is 10.6 Å². The van der Waals surface area contributed by atoms with Gasteiger partial charge in [0.2, 0.25) is 0 Å². The van der Waals surface area contributed by atoms with Gasteiger partial charge in [0.15, 0.2) is 5.11 Å². The van der Waals surface area contributed by atoms with E-state index in [-0.39, 0.29) is 6.03 Å². The van der Waals surface area contributed by atoms with Crippen molar-refractivity contribution in [1.82, 2.24) is 15.5 Å². The molecule has 1 rings (SSSR count). The lowest BCUT2D eigenvalue weighted by Crippen LogP contribution is -2.39. The number of amides is 2. The molecule has 4 nitrogen and oxygen atoms in total. The van der Waals surface area contributed by atoms with Crippen molar-refractivity contribution in [3.8, 4) is 0 Å². The molecule has 10 heavy (non-hydrogen) atoms. The third kappa shape index (κ3) is 1.18. The molecule has 0 radical (unpaired) electrons. The Balaban J connectivity index is 2.55. The highest BCUT2D eigenvalue weighted by molar-refractivity contribution is 7.80. The Morgan fingerprint density at radius 2 is 2.60 bits per heavy atom. The maximum absolute atomic E-state index is 10.9. The van der Waals surface area contributed by atoms with Crippen LogP contribution in [0.3, 0.4) is 0 Å². The van der Waals surface area contributed by atoms with Gasteiger partial charge in [0.1, 0.15) is 0 Å². The smallest absolute Gasteiger partial charge is 0.323 e. The fourth-order valence-electron chi connectivity index (χ4n) is 0.800. The molecule has 2 N–H and O–H groups in total. The fraction of sp³-hybridized carbons (Fsp3) is 0.600. The van der Waals surface area contributed by atoms with Gasteiger partial charge in [-0.15, -0.1) is 0 Å². The average molecular weight is 159 g/mol. The van der Waals surface area contributed by atoms with Crippen molar-refractivity contribution in [3.05, 3.63) is 0 Å². The van der Waals surface area contributed by atoms with Crippen LogP contribution in [0.4, 0.5) is 4.79 Å². The number of carbonyl (C=O) groups excluding carboxylic acids is 1. The van der Waals surface area contributed by atoms with Crippen molar-refractivity contribution in [3.63, 3.8) is 0 Å². The zero-order valence-corrected chi connectivity index (χ0v) is 6.49. The summed E-state index contributed by atoms with van der Waals surface area (Å²) in [7, 11) is 1.70. The van der Waals surface area contributed by atoms with Crippen LogP contribution in [-0.2, 0) is 0 Å². The molecule has 0 aliphatic carbocycles. The molecule has 0 unspecified atom stereocenters. The van der Waals surface area contributed by atoms with E-state index in [1.54, 1.807) is 7.05 Å². The quantitative estimate of drug-likeness (QED) is 0.469. The number of nitrogens with zero attached hydrogens (tertiary/aromatic N) is 1. The first-order valence-electron chi connectivity index (χ1n) is 3.03. The lowest BCUT2D eigenvalue weighted by atomic mass is 10.6. The number of rotatable bonds is 0. The number of carbonyl (C=O) groups is 1. The van der Waals surface area contributed by atoms with Crippen molar-refractivity contribution < 1.29 is 4.79 Å². The normalized spacial score (nSPS) is 16.9. The number of nitrogens with one attached hydrogen (secondary N) is 2. The van der Waals surface area contributed by atoms with Gasteiger partial charge in [0, 0.05) is 20.1 Å². The second kappa shape index (κ2) is 2.83. The van der Waals surface area contributed by atoms with E-state index in [4.69, 9.17) is 12.2 Å². The maximum Gasteiger partial charge on any atom is 0.323 e. The largest absolute Gasteiger partial charge is 0.365 e. The van der Waals surface area contributed by atoms with Crippen molar-refractivity contribution in [1.29, 1.82) is 0 Å². The molecule has 56 valence electrons. The van der Waals surface area contributed by atoms with Crippen LogP contribution in [-0.4, -0.2) is 36.2 Å². The molecule has 1 aliphatic rings. The minimum atomic E-state index is -0.112. The van der Waals surface area contributed by atoms with E-state index in [1.165, 1.54) is 4.90 Å². The van der Waals surface area contributed by atoms with Crippen molar-refractivity contribution in [2.45, 2.75) is 0 Å². The van der Waals surface area contributed by atoms with Crippen LogP contribution in [0.15, 0.2) is 0 Å². The summed E-state index contributed by atoms with van der Waals surface area (Å²) in [5.74, 6) is 0. The van der Waals surface area contributed by atoms with Gasteiger partial charge in [0.05, 0.1) is 0 Å². The molecule has 0 spiro atoms. The minimum absolute atomic E-state index is 0.112. The molecule has 1 aliphatic heterocycles. The van der Waals surface area contributed by atoms with E-state index in [0.717, 1.165) is 0 Å². The number of thiocarbonyl (C=S) groups is 1. The summed E-state index contributed by atoms with van der Waals surface area (Å²) in [6.07, 6.45) is 0. The summed E-state index contributed by atoms with van der Waals surface area (Å²) in [6, 6.07) is -0.112. The van der Waals surface area contributed by atoms with Gasteiger partial charge in [0.25, 0.3) is 0 Å². The monoisotopic (exact) mass is 159 g/mol. The predicted molar refractivity (Wildman–Crippen MR) is 41.8 cm³/mol. The lowest BCUT2D eigenvalue weighted by molar-refractivity contribution is 0.234. The summed E-state index contributed by atoms with van der Waals surface area (Å²) >= 11 is 4.85. The third-order valence-corrected chi connectivity index (χ3v) is 1.74. The number of hydrogen-bond donors (Lipinski definition) is 2. The highest BCUT2D eigenvalue weighted by Crippen LogP contribution is 1.95. The SMILES string of the molecule is CNC(=S)N1CCNC1=O. The average Bonchev–Trinajstić information content (AvgIpc) is 2.34. The highest BCUT2D eigenvalue weighted by atomic mass is 32.1. The van der Waals surface area contributed by atoms with E-state index in [9.17, 15) is 4.79 Å². The Hall–Kier alpha value is -0.840. The zero-order valence-electron chi connectivity index (χ0n) is 5.68. The second-order valence-electron chi connectivity index (χ2n) is 1.94. The van der Waals surface area contributed by atoms with Crippen LogP contribution in [0.5, 0.6) is 0 Å². The topological polar surface area (TPSA) is 44.4 Å². The van der Waals surface area contributed by atoms with Crippen molar-refractivity contribution in [2.75, 3.05) is 20.1 Å². The Morgan fingerprint density at radius 3 is 3.00 bits per heavy atom. The van der Waals surface area contributed by atoms with Gasteiger partial charge in [-0.25, -0.2) is 4.79 Å². The van der Waals surface area contributed by atoms with Gasteiger partial charge in [-0.05, 0) is 12.2 Å². The molecule has 0 bridgehead atoms. The molecule has 0 saturated carbocycles. The molecule has 0 aromatic heterocycles. The first kappa shape index (κ1) is 7.27. The van der Waals surface area contributed by atoms with E-state index < -0.39 is 0 Å². The Bertz CT molecular complexity index is 170. The van der Waals surface area contributed by atoms with E-state index in [0.29, 0.717) is 18.2 Å². The van der Waals surface area contributed by atoms with Crippen LogP contribution in [0, 0.1) is 0 Å². The van der Waals surface area contributed by atoms with Gasteiger partial charge in [-0.3, -0.25) is 4.90 Å². The van der Waals surface area contributed by atoms with Crippen molar-refractivity contribution >= 4 is 23.4 Å². The molecule has 1 fully saturated rings. The summed E-state index contributed by atoms with van der Waals surface area (Å²) in [4.78, 5) is 12.4. The summed E-state index contributed by atoms with van der Waals surface area (Å²) < 4.78 is 0. The Morgan fingerprint density at radius 1 is 1.90 bits per heavy atom. The highest BCUT2D eigenvalue weighted by Gasteiger charge is 2.21. The molecule has 2 amide bonds. The van der Waals surface area contributed by atoms with Crippen LogP contribution < -0.4 is 10.6 Å². The standard InChI is InChI=1S/C5H9N3OS/c1-6-5(10)8-3-2-7-4(8)9/h2-3H2,1H3,(H,6,10)(H,7,9). The van der Waals surface area contributed by atoms with Crippen LogP contribution in [0.2, 0.25) is 0 Å². The van der Waals surface area contributed by atoms with E-state index in [1.807, 2.05) is 0 Å². The Kier molecular flexibility index (Phi) is 2.06. The van der Waals surface area contributed by atoms with Gasteiger partial charge >= 0.3 is 6.03 Å². The second-order valence-corrected chi connectivity index (χ2v) is 2.33. The molecule has 5 heteroatoms. The number of hydrogen-bond acceptors (Lipinski definition) is 2. The summed E-state index contributed by atoms with van der Waals surface area (Å²) in [5.41, 5.74) is 0. The summed E-state index contributed by atoms with van der Waals surface area (Å²) in [6.45, 7) is 1.35. The molecule has 0 aromatic carbocycles. The van der Waals surface area contributed by atoms with Crippen LogP contribution >= 0.6 is 12.2 Å². The maximum atomic E-state index is 10.9. The lowest BCUT2D eigenvalue weighted by Gasteiger charge is -2.13. The van der Waals surface area contributed by atoms with Crippen molar-refractivity contribution in [2.24, 2.45) is 0 Å². The summed E-state index contributed by atoms with van der Waals surface area (Å²) in [5, 5.41) is 5.86. The first-order chi connectivity index (χ1) is 4.75. The molecule has 0 atom stereocenters. The van der Waals surface area contributed by atoms with E-state index >= 15 is 0 Å². The molecule has 1 heterocycles.